The Labute approximate surface area is 466 Å². The first-order valence-corrected chi connectivity index (χ1v) is 27.8. The maximum atomic E-state index is 14.3. The summed E-state index contributed by atoms with van der Waals surface area (Å²) in [6.07, 6.45) is -2.25. The molecule has 6 heterocycles. The molecule has 9 rings (SSSR count). The number of carbonyl (C=O) groups excluding carboxylic acids is 4. The number of alkyl halides is 3. The average molecular weight is 1120 g/mol. The molecule has 4 saturated heterocycles. The molecule has 3 N–H and O–H groups in total. The number of rotatable bonds is 13. The summed E-state index contributed by atoms with van der Waals surface area (Å²) in [5.74, 6) is 4.87. The van der Waals surface area contributed by atoms with Crippen molar-refractivity contribution in [3.63, 3.8) is 0 Å². The van der Waals surface area contributed by atoms with Crippen LogP contribution in [-0.4, -0.2) is 115 Å². The average Bonchev–Trinajstić information content (AvgIpc) is 4.42. The van der Waals surface area contributed by atoms with E-state index in [1.165, 1.54) is 22.3 Å². The molecule has 414 valence electrons. The van der Waals surface area contributed by atoms with E-state index in [1.54, 1.807) is 55.4 Å². The van der Waals surface area contributed by atoms with Crippen molar-refractivity contribution in [2.75, 3.05) is 42.5 Å². The highest BCUT2D eigenvalue weighted by atomic mass is 32.1. The fourth-order valence-electron chi connectivity index (χ4n) is 11.2. The van der Waals surface area contributed by atoms with Gasteiger partial charge in [-0.15, -0.1) is 11.3 Å². The maximum absolute atomic E-state index is 14.3. The second kappa shape index (κ2) is 23.4. The number of carbonyl (C=O) groups is 4. The summed E-state index contributed by atoms with van der Waals surface area (Å²) in [6.45, 7) is 13.9. The molecule has 3 aromatic carbocycles. The third kappa shape index (κ3) is 12.3. The number of thiocarbonyl (C=S) groups is 1. The monoisotopic (exact) mass is 1120 g/mol. The number of β-amino-alcohol motifs (C(OH)–C–C–N with tert-alkyl or cyclic N) is 1. The van der Waals surface area contributed by atoms with Crippen LogP contribution in [0.3, 0.4) is 0 Å². The second-order valence-corrected chi connectivity index (χ2v) is 22.9. The molecule has 0 spiro atoms. The predicted octanol–water partition coefficient (Wildman–Crippen LogP) is 8.43. The molecule has 4 amide bonds. The zero-order chi connectivity index (χ0) is 56.5. The fourth-order valence-corrected chi connectivity index (χ4v) is 12.5. The number of halogens is 3. The molecule has 4 aliphatic heterocycles. The van der Waals surface area contributed by atoms with Crippen LogP contribution in [0.1, 0.15) is 118 Å². The zero-order valence-electron chi connectivity index (χ0n) is 44.8. The summed E-state index contributed by atoms with van der Waals surface area (Å²) in [5.41, 5.74) is 6.47. The maximum Gasteiger partial charge on any atom is 0.417 e. The Morgan fingerprint density at radius 2 is 1.65 bits per heavy atom. The number of nitrogens with zero attached hydrogens (tertiary/aromatic N) is 8. The molecule has 16 nitrogen and oxygen atoms in total. The van der Waals surface area contributed by atoms with E-state index in [2.05, 4.69) is 37.6 Å². The number of aliphatic hydroxyl groups is 1. The number of aliphatic hydroxyl groups excluding tert-OH is 1. The summed E-state index contributed by atoms with van der Waals surface area (Å²) in [5, 5.41) is 29.2. The highest BCUT2D eigenvalue weighted by Gasteiger charge is 2.51. The van der Waals surface area contributed by atoms with Gasteiger partial charge in [-0.1, -0.05) is 55.1 Å². The Bertz CT molecular complexity index is 3200. The van der Waals surface area contributed by atoms with E-state index in [-0.39, 0.29) is 53.8 Å². The number of likely N-dealkylation sites (tertiary alicyclic amines) is 2. The van der Waals surface area contributed by atoms with E-state index < -0.39 is 58.8 Å². The van der Waals surface area contributed by atoms with Crippen LogP contribution in [0, 0.1) is 48.9 Å². The fraction of sp³-hybridized carbons (Fsp3) is 0.448. The number of piperidine rings is 2. The van der Waals surface area contributed by atoms with E-state index in [0.29, 0.717) is 41.8 Å². The van der Waals surface area contributed by atoms with E-state index in [1.807, 2.05) is 62.2 Å². The van der Waals surface area contributed by atoms with Gasteiger partial charge in [0, 0.05) is 55.3 Å². The lowest BCUT2D eigenvalue weighted by Gasteiger charge is -2.41. The van der Waals surface area contributed by atoms with Gasteiger partial charge in [0.25, 0.3) is 5.91 Å². The van der Waals surface area contributed by atoms with Gasteiger partial charge in [-0.05, 0) is 138 Å². The minimum atomic E-state index is -4.80. The van der Waals surface area contributed by atoms with Crippen LogP contribution in [0.5, 0.6) is 0 Å². The normalized spacial score (nSPS) is 20.3. The Balaban J connectivity index is 0.782. The first-order valence-electron chi connectivity index (χ1n) is 26.5. The van der Waals surface area contributed by atoms with Gasteiger partial charge in [0.05, 0.1) is 63.2 Å². The van der Waals surface area contributed by atoms with Gasteiger partial charge in [-0.2, -0.15) is 18.4 Å². The number of hydrogen-bond acceptors (Lipinski definition) is 13. The van der Waals surface area contributed by atoms with Crippen molar-refractivity contribution < 1.29 is 42.0 Å². The van der Waals surface area contributed by atoms with Gasteiger partial charge in [0.2, 0.25) is 17.7 Å². The summed E-state index contributed by atoms with van der Waals surface area (Å²) < 4.78 is 47.0. The number of hydrazine groups is 1. The molecule has 4 fully saturated rings. The number of nitriles is 1. The van der Waals surface area contributed by atoms with Crippen LogP contribution in [0.2, 0.25) is 0 Å². The molecule has 4 aliphatic rings. The number of anilines is 2. The Kier molecular flexibility index (Phi) is 16.8. The first-order chi connectivity index (χ1) is 37.6. The van der Waals surface area contributed by atoms with E-state index >= 15 is 0 Å². The largest absolute Gasteiger partial charge is 0.417 e. The first kappa shape index (κ1) is 56.7. The predicted molar refractivity (Wildman–Crippen MR) is 296 cm³/mol. The molecular formula is C58H63F3N10O6S2. The molecule has 0 aliphatic carbocycles. The number of aromatic nitrogens is 2. The highest BCUT2D eigenvalue weighted by molar-refractivity contribution is 7.81. The second-order valence-electron chi connectivity index (χ2n) is 21.7. The third-order valence-electron chi connectivity index (χ3n) is 15.5. The summed E-state index contributed by atoms with van der Waals surface area (Å²) in [4.78, 5) is 68.2. The lowest BCUT2D eigenvalue weighted by atomic mass is 9.91. The molecule has 0 saturated carbocycles. The lowest BCUT2D eigenvalue weighted by molar-refractivity contribution is -0.141. The van der Waals surface area contributed by atoms with E-state index in [9.17, 15) is 42.7 Å². The SMILES string of the molecule is Cc1cc([C@H](C(=O)N2C[C@H](O)C[C@H]2C(=O)N[C@@H](CC(=O)NN2CCC(N3CCC(C#Cc4ccc(N5C(=S)N(c6ccc(C#N)c(C(F)(F)F)c6)C(=O)C5(C)C)cc4)CC3)CC2)c2ccc(-c3scnc3C)cc2)C(C)C)on1. The van der Waals surface area contributed by atoms with Crippen LogP contribution < -0.4 is 20.5 Å². The molecule has 0 bridgehead atoms. The minimum absolute atomic E-state index is 0.0158. The van der Waals surface area contributed by atoms with E-state index in [4.69, 9.17) is 16.7 Å². The number of amides is 4. The third-order valence-corrected chi connectivity index (χ3v) is 16.8. The summed E-state index contributed by atoms with van der Waals surface area (Å²) in [7, 11) is 0. The summed E-state index contributed by atoms with van der Waals surface area (Å²) >= 11 is 7.23. The molecule has 21 heteroatoms. The Morgan fingerprint density at radius 1 is 0.962 bits per heavy atom. The van der Waals surface area contributed by atoms with Crippen molar-refractivity contribution in [2.24, 2.45) is 11.8 Å². The number of benzene rings is 3. The van der Waals surface area contributed by atoms with Crippen LogP contribution in [-0.2, 0) is 25.4 Å². The molecule has 2 aromatic heterocycles. The molecule has 5 aromatic rings. The van der Waals surface area contributed by atoms with Gasteiger partial charge >= 0.3 is 6.18 Å². The molecular weight excluding hydrogens is 1050 g/mol. The number of aryl methyl sites for hydroxylation is 2. The minimum Gasteiger partial charge on any atom is -0.391 e. The molecule has 4 atom stereocenters. The lowest BCUT2D eigenvalue weighted by Crippen LogP contribution is -2.53. The number of thiazole rings is 1. The topological polar surface area (TPSA) is 191 Å². The van der Waals surface area contributed by atoms with Crippen molar-refractivity contribution in [2.45, 2.75) is 122 Å². The Hall–Kier alpha value is -7.01. The quantitative estimate of drug-likeness (QED) is 0.0753. The highest BCUT2D eigenvalue weighted by Crippen LogP contribution is 2.40. The Morgan fingerprint density at radius 3 is 2.25 bits per heavy atom. The van der Waals surface area contributed by atoms with Crippen molar-refractivity contribution in [3.8, 4) is 28.4 Å². The zero-order valence-corrected chi connectivity index (χ0v) is 46.5. The van der Waals surface area contributed by atoms with Crippen molar-refractivity contribution in [1.29, 1.82) is 5.26 Å². The molecule has 0 unspecified atom stereocenters. The van der Waals surface area contributed by atoms with Gasteiger partial charge in [-0.25, -0.2) is 9.99 Å². The smallest absolute Gasteiger partial charge is 0.391 e. The van der Waals surface area contributed by atoms with Gasteiger partial charge in [0.15, 0.2) is 5.11 Å². The summed E-state index contributed by atoms with van der Waals surface area (Å²) in [6, 6.07) is 20.0. The number of hydrogen-bond donors (Lipinski definition) is 3. The molecule has 0 radical (unpaired) electrons. The van der Waals surface area contributed by atoms with Gasteiger partial charge in [-0.3, -0.25) is 29.5 Å². The standard InChI is InChI=1S/C58H63F3N10O6S2/c1-34(2)51(49-27-35(3)66-77-49)54(75)69-32-45(72)29-48(69)53(74)64-47(39-11-13-40(14-12-39)52-36(4)63-33-79-52)30-50(73)65-68-25-21-42(22-26-68)67-23-19-38(20-24-67)8-7-37-9-16-43(17-10-37)71-56(78)70(55(76)57(71,5)6)44-18-15-41(31-62)46(28-44)58(59,60)61/h9-18,27-28,33-34,38,42,45,47-48,51,72H,19-26,29-30,32H2,1-6H3,(H,64,74)(H,65,73)/t45-,47+,48+,51-/m1/s1. The van der Waals surface area contributed by atoms with Crippen molar-refractivity contribution in [3.05, 3.63) is 118 Å². The van der Waals surface area contributed by atoms with Crippen molar-refractivity contribution in [1.82, 2.24) is 35.7 Å². The van der Waals surface area contributed by atoms with Crippen LogP contribution >= 0.6 is 23.6 Å². The molecule has 79 heavy (non-hydrogen) atoms. The van der Waals surface area contributed by atoms with Crippen LogP contribution in [0.25, 0.3) is 10.4 Å². The van der Waals surface area contributed by atoms with Crippen molar-refractivity contribution >= 4 is 63.7 Å². The van der Waals surface area contributed by atoms with Gasteiger partial charge < -0.3 is 29.6 Å². The van der Waals surface area contributed by atoms with Gasteiger partial charge in [0.1, 0.15) is 23.3 Å². The van der Waals surface area contributed by atoms with Crippen LogP contribution in [0.4, 0.5) is 24.5 Å². The van der Waals surface area contributed by atoms with E-state index in [0.717, 1.165) is 77.5 Å². The number of nitrogens with one attached hydrogen (secondary N) is 2. The van der Waals surface area contributed by atoms with Crippen LogP contribution in [0.15, 0.2) is 82.8 Å².